The first-order valence-electron chi connectivity index (χ1n) is 13.9. The van der Waals surface area contributed by atoms with Crippen molar-refractivity contribution < 1.29 is 27.1 Å². The maximum absolute atomic E-state index is 15.8. The highest BCUT2D eigenvalue weighted by molar-refractivity contribution is 6.07. The molecule has 1 aromatic carbocycles. The maximum atomic E-state index is 15.8. The van der Waals surface area contributed by atoms with Crippen LogP contribution in [-0.4, -0.2) is 84.3 Å². The van der Waals surface area contributed by atoms with Crippen LogP contribution in [0.5, 0.6) is 0 Å². The molecule has 0 spiro atoms. The average molecular weight is 604 g/mol. The van der Waals surface area contributed by atoms with Crippen LogP contribution in [0.2, 0.25) is 0 Å². The third-order valence-corrected chi connectivity index (χ3v) is 8.23. The molecular weight excluding hydrogens is 570 g/mol. The number of nitrogens with one attached hydrogen (secondary N) is 2. The lowest BCUT2D eigenvalue weighted by molar-refractivity contribution is -0.138. The number of rotatable bonds is 6. The van der Waals surface area contributed by atoms with Gasteiger partial charge in [-0.05, 0) is 39.4 Å². The quantitative estimate of drug-likeness (QED) is 0.408. The fourth-order valence-corrected chi connectivity index (χ4v) is 5.46. The van der Waals surface area contributed by atoms with E-state index in [4.69, 9.17) is 4.74 Å². The molecular formula is C29H33F4N7O3. The van der Waals surface area contributed by atoms with Gasteiger partial charge in [0.1, 0.15) is 5.82 Å². The lowest BCUT2D eigenvalue weighted by atomic mass is 10.0. The standard InChI is InChI=1S/C29H33F4N7O3/c1-16-13-40(14-17(2)38(16)3)25-9-23(30)20(18-10-35-28(36-11-18)39(4)19-5-6-43-15-19)7-24(25)37-27(42)21-12-34-26(41)8-22(21)29(31,32)33/h7-12,16-17,19H,5-6,13-15H2,1-4H3,(H,34,41)(H,37,42). The van der Waals surface area contributed by atoms with Crippen LogP contribution < -0.4 is 20.7 Å². The normalized spacial score (nSPS) is 21.2. The highest BCUT2D eigenvalue weighted by Gasteiger charge is 2.36. The zero-order valence-electron chi connectivity index (χ0n) is 24.2. The van der Waals surface area contributed by atoms with Gasteiger partial charge in [0.25, 0.3) is 5.91 Å². The van der Waals surface area contributed by atoms with Gasteiger partial charge in [-0.2, -0.15) is 13.2 Å². The number of piperazine rings is 1. The summed E-state index contributed by atoms with van der Waals surface area (Å²) < 4.78 is 62.4. The number of aromatic nitrogens is 3. The van der Waals surface area contributed by atoms with E-state index in [9.17, 15) is 22.8 Å². The van der Waals surface area contributed by atoms with Crippen LogP contribution in [0.4, 0.5) is 34.9 Å². The number of pyridine rings is 1. The summed E-state index contributed by atoms with van der Waals surface area (Å²) in [6.07, 6.45) is -0.473. The SMILES string of the molecule is CC1CN(c2cc(F)c(-c3cnc(N(C)C4CCOC4)nc3)cc2NC(=O)c2c[nH]c(=O)cc2C(F)(F)F)CC(C)N1C. The Labute approximate surface area is 245 Å². The fraction of sp³-hybridized carbons (Fsp3) is 0.448. The van der Waals surface area contributed by atoms with Crippen molar-refractivity contribution >= 4 is 23.2 Å². The molecule has 3 unspecified atom stereocenters. The van der Waals surface area contributed by atoms with Gasteiger partial charge in [-0.25, -0.2) is 14.4 Å². The van der Waals surface area contributed by atoms with Gasteiger partial charge in [0.2, 0.25) is 11.5 Å². The molecule has 4 heterocycles. The molecule has 1 amide bonds. The molecule has 0 radical (unpaired) electrons. The summed E-state index contributed by atoms with van der Waals surface area (Å²) in [4.78, 5) is 41.8. The molecule has 2 N–H and O–H groups in total. The number of ether oxygens (including phenoxy) is 1. The number of nitrogens with zero attached hydrogens (tertiary/aromatic N) is 5. The summed E-state index contributed by atoms with van der Waals surface area (Å²) >= 11 is 0. The zero-order valence-corrected chi connectivity index (χ0v) is 24.2. The van der Waals surface area contributed by atoms with Crippen LogP contribution in [0, 0.1) is 5.82 Å². The van der Waals surface area contributed by atoms with Gasteiger partial charge in [0.15, 0.2) is 0 Å². The van der Waals surface area contributed by atoms with Crippen LogP contribution >= 0.6 is 0 Å². The Morgan fingerprint density at radius 1 is 1.14 bits per heavy atom. The summed E-state index contributed by atoms with van der Waals surface area (Å²) in [7, 11) is 3.83. The summed E-state index contributed by atoms with van der Waals surface area (Å²) in [6, 6.07) is 3.25. The number of benzene rings is 1. The predicted molar refractivity (Wildman–Crippen MR) is 154 cm³/mol. The number of hydrogen-bond donors (Lipinski definition) is 2. The first-order chi connectivity index (χ1) is 20.3. The Kier molecular flexibility index (Phi) is 8.43. The minimum absolute atomic E-state index is 0.0604. The minimum atomic E-state index is -4.95. The van der Waals surface area contributed by atoms with E-state index in [1.54, 1.807) is 0 Å². The molecule has 0 bridgehead atoms. The van der Waals surface area contributed by atoms with Crippen molar-refractivity contribution in [1.82, 2.24) is 19.9 Å². The van der Waals surface area contributed by atoms with E-state index in [1.165, 1.54) is 24.5 Å². The minimum Gasteiger partial charge on any atom is -0.379 e. The van der Waals surface area contributed by atoms with Gasteiger partial charge in [0, 0.05) is 74.6 Å². The van der Waals surface area contributed by atoms with E-state index < -0.39 is 34.6 Å². The third kappa shape index (κ3) is 6.34. The van der Waals surface area contributed by atoms with E-state index in [0.717, 1.165) is 12.6 Å². The lowest BCUT2D eigenvalue weighted by Gasteiger charge is -2.44. The zero-order chi connectivity index (χ0) is 31.1. The van der Waals surface area contributed by atoms with Gasteiger partial charge < -0.3 is 24.8 Å². The molecule has 0 saturated carbocycles. The number of likely N-dealkylation sites (N-methyl/N-ethyl adjacent to an activating group) is 2. The van der Waals surface area contributed by atoms with E-state index in [1.807, 2.05) is 37.7 Å². The molecule has 3 atom stereocenters. The van der Waals surface area contributed by atoms with Crippen molar-refractivity contribution in [3.8, 4) is 11.1 Å². The molecule has 3 aromatic rings. The van der Waals surface area contributed by atoms with E-state index in [-0.39, 0.29) is 29.4 Å². The Morgan fingerprint density at radius 2 is 1.81 bits per heavy atom. The number of anilines is 3. The van der Waals surface area contributed by atoms with E-state index in [0.29, 0.717) is 49.6 Å². The number of halogens is 4. The highest BCUT2D eigenvalue weighted by Crippen LogP contribution is 2.37. The van der Waals surface area contributed by atoms with Gasteiger partial charge in [0.05, 0.1) is 35.2 Å². The van der Waals surface area contributed by atoms with Gasteiger partial charge >= 0.3 is 6.18 Å². The topological polar surface area (TPSA) is 107 Å². The lowest BCUT2D eigenvalue weighted by Crippen LogP contribution is -2.55. The molecule has 14 heteroatoms. The Morgan fingerprint density at radius 3 is 2.42 bits per heavy atom. The molecule has 2 aromatic heterocycles. The van der Waals surface area contributed by atoms with E-state index in [2.05, 4.69) is 25.2 Å². The molecule has 230 valence electrons. The highest BCUT2D eigenvalue weighted by atomic mass is 19.4. The Bertz CT molecular complexity index is 1530. The molecule has 2 saturated heterocycles. The number of hydrogen-bond acceptors (Lipinski definition) is 8. The van der Waals surface area contributed by atoms with Crippen LogP contribution in [0.25, 0.3) is 11.1 Å². The first-order valence-corrected chi connectivity index (χ1v) is 13.9. The summed E-state index contributed by atoms with van der Waals surface area (Å²) in [5, 5.41) is 2.56. The van der Waals surface area contributed by atoms with Crippen molar-refractivity contribution in [2.45, 2.75) is 44.6 Å². The number of aromatic amines is 1. The van der Waals surface area contributed by atoms with Crippen molar-refractivity contribution in [2.24, 2.45) is 0 Å². The molecule has 5 rings (SSSR count). The second-order valence-corrected chi connectivity index (χ2v) is 11.1. The maximum Gasteiger partial charge on any atom is 0.417 e. The van der Waals surface area contributed by atoms with Crippen molar-refractivity contribution in [2.75, 3.05) is 55.5 Å². The predicted octanol–water partition coefficient (Wildman–Crippen LogP) is 4.00. The fourth-order valence-electron chi connectivity index (χ4n) is 5.46. The Balaban J connectivity index is 1.54. The molecule has 2 aliphatic heterocycles. The van der Waals surface area contributed by atoms with E-state index >= 15 is 4.39 Å². The van der Waals surface area contributed by atoms with Gasteiger partial charge in [-0.3, -0.25) is 14.5 Å². The average Bonchev–Trinajstić information content (AvgIpc) is 3.51. The van der Waals surface area contributed by atoms with Crippen molar-refractivity contribution in [3.63, 3.8) is 0 Å². The largest absolute Gasteiger partial charge is 0.417 e. The molecule has 0 aliphatic carbocycles. The summed E-state index contributed by atoms with van der Waals surface area (Å²) in [5.41, 5.74) is -2.34. The van der Waals surface area contributed by atoms with Crippen LogP contribution in [0.15, 0.2) is 41.6 Å². The second-order valence-electron chi connectivity index (χ2n) is 11.1. The molecule has 2 aliphatic rings. The van der Waals surface area contributed by atoms with Gasteiger partial charge in [-0.15, -0.1) is 0 Å². The number of alkyl halides is 3. The molecule has 2 fully saturated rings. The third-order valence-electron chi connectivity index (χ3n) is 8.23. The smallest absolute Gasteiger partial charge is 0.379 e. The number of H-pyrrole nitrogens is 1. The number of carbonyl (C=O) groups is 1. The van der Waals surface area contributed by atoms with Crippen LogP contribution in [-0.2, 0) is 10.9 Å². The van der Waals surface area contributed by atoms with Crippen molar-refractivity contribution in [3.05, 3.63) is 64.1 Å². The van der Waals surface area contributed by atoms with Crippen molar-refractivity contribution in [1.29, 1.82) is 0 Å². The number of carbonyl (C=O) groups excluding carboxylic acids is 1. The first kappa shape index (κ1) is 30.4. The summed E-state index contributed by atoms with van der Waals surface area (Å²) in [5.74, 6) is -1.28. The number of amides is 1. The molecule has 43 heavy (non-hydrogen) atoms. The Hall–Kier alpha value is -4.04. The monoisotopic (exact) mass is 603 g/mol. The molecule has 10 nitrogen and oxygen atoms in total. The van der Waals surface area contributed by atoms with Gasteiger partial charge in [-0.1, -0.05) is 0 Å². The van der Waals surface area contributed by atoms with Crippen LogP contribution in [0.3, 0.4) is 0 Å². The second kappa shape index (κ2) is 11.9. The van der Waals surface area contributed by atoms with Crippen LogP contribution in [0.1, 0.15) is 36.2 Å². The summed E-state index contributed by atoms with van der Waals surface area (Å²) in [6.45, 7) is 6.20.